The van der Waals surface area contributed by atoms with E-state index in [1.165, 1.54) is 0 Å². The summed E-state index contributed by atoms with van der Waals surface area (Å²) in [6.07, 6.45) is 3.56. The minimum Gasteiger partial charge on any atom is -0.493 e. The monoisotopic (exact) mass is 444 g/mol. The number of rotatable bonds is 5. The van der Waals surface area contributed by atoms with Gasteiger partial charge < -0.3 is 18.6 Å². The van der Waals surface area contributed by atoms with E-state index < -0.39 is 0 Å². The first-order valence-electron chi connectivity index (χ1n) is 10.6. The highest BCUT2D eigenvalue weighted by Gasteiger charge is 2.24. The first-order chi connectivity index (χ1) is 16.1. The lowest BCUT2D eigenvalue weighted by Crippen LogP contribution is -2.31. The topological polar surface area (TPSA) is 74.0 Å². The number of hydrogen-bond donors (Lipinski definition) is 0. The SMILES string of the molecule is COc1ccc(-c2c(C)oc3c4c(ccc3c2=O)OCN(Cc2ccncc2)C4)cc1OC. The number of pyridine rings is 1. The van der Waals surface area contributed by atoms with Crippen LogP contribution in [0.15, 0.2) is 64.1 Å². The van der Waals surface area contributed by atoms with Crippen LogP contribution in [0.2, 0.25) is 0 Å². The van der Waals surface area contributed by atoms with Gasteiger partial charge in [-0.3, -0.25) is 14.7 Å². The molecule has 7 heteroatoms. The zero-order valence-corrected chi connectivity index (χ0v) is 18.8. The molecule has 1 aliphatic rings. The van der Waals surface area contributed by atoms with Gasteiger partial charge in [-0.15, -0.1) is 0 Å². The van der Waals surface area contributed by atoms with Gasteiger partial charge in [-0.2, -0.15) is 0 Å². The van der Waals surface area contributed by atoms with Crippen molar-refractivity contribution in [3.63, 3.8) is 0 Å². The number of aromatic nitrogens is 1. The molecule has 0 unspecified atom stereocenters. The normalized spacial score (nSPS) is 13.4. The molecule has 4 aromatic rings. The zero-order chi connectivity index (χ0) is 22.9. The molecule has 33 heavy (non-hydrogen) atoms. The maximum absolute atomic E-state index is 13.6. The minimum absolute atomic E-state index is 0.0879. The van der Waals surface area contributed by atoms with Crippen LogP contribution in [-0.2, 0) is 13.1 Å². The number of hydrogen-bond acceptors (Lipinski definition) is 7. The number of ether oxygens (including phenoxy) is 3. The van der Waals surface area contributed by atoms with E-state index in [0.29, 0.717) is 59.2 Å². The molecule has 2 aromatic carbocycles. The molecule has 168 valence electrons. The third-order valence-electron chi connectivity index (χ3n) is 5.91. The van der Waals surface area contributed by atoms with Crippen molar-refractivity contribution in [3.8, 4) is 28.4 Å². The Balaban J connectivity index is 1.57. The van der Waals surface area contributed by atoms with Crippen molar-refractivity contribution in [2.45, 2.75) is 20.0 Å². The Morgan fingerprint density at radius 1 is 1.03 bits per heavy atom. The van der Waals surface area contributed by atoms with Crippen LogP contribution in [0.4, 0.5) is 0 Å². The van der Waals surface area contributed by atoms with E-state index in [9.17, 15) is 4.79 Å². The van der Waals surface area contributed by atoms with Crippen LogP contribution in [0.25, 0.3) is 22.1 Å². The summed E-state index contributed by atoms with van der Waals surface area (Å²) in [4.78, 5) is 19.8. The van der Waals surface area contributed by atoms with Gasteiger partial charge in [0, 0.05) is 25.5 Å². The lowest BCUT2D eigenvalue weighted by atomic mass is 10.00. The minimum atomic E-state index is -0.0879. The standard InChI is InChI=1S/C26H24N2O5/c1-16-24(18-4-6-22(30-2)23(12-18)31-3)25(29)19-5-7-21-20(26(19)33-16)14-28(15-32-21)13-17-8-10-27-11-9-17/h4-12H,13-15H2,1-3H3. The van der Waals surface area contributed by atoms with E-state index in [1.54, 1.807) is 44.8 Å². The van der Waals surface area contributed by atoms with Crippen LogP contribution in [0.1, 0.15) is 16.9 Å². The second kappa shape index (κ2) is 8.60. The van der Waals surface area contributed by atoms with E-state index in [0.717, 1.165) is 16.9 Å². The van der Waals surface area contributed by atoms with Crippen LogP contribution in [0, 0.1) is 6.92 Å². The van der Waals surface area contributed by atoms with Gasteiger partial charge in [0.25, 0.3) is 0 Å². The maximum atomic E-state index is 13.6. The second-order valence-corrected chi connectivity index (χ2v) is 7.97. The molecule has 3 heterocycles. The summed E-state index contributed by atoms with van der Waals surface area (Å²) in [6.45, 7) is 3.61. The first kappa shape index (κ1) is 21.0. The number of nitrogens with zero attached hydrogens (tertiary/aromatic N) is 2. The van der Waals surface area contributed by atoms with Crippen LogP contribution in [-0.4, -0.2) is 30.8 Å². The summed E-state index contributed by atoms with van der Waals surface area (Å²) < 4.78 is 23.0. The Bertz CT molecular complexity index is 1380. The van der Waals surface area contributed by atoms with E-state index in [2.05, 4.69) is 9.88 Å². The summed E-state index contributed by atoms with van der Waals surface area (Å²) in [5.41, 5.74) is 3.73. The van der Waals surface area contributed by atoms with Crippen molar-refractivity contribution in [2.24, 2.45) is 0 Å². The van der Waals surface area contributed by atoms with Crippen molar-refractivity contribution in [3.05, 3.63) is 82.0 Å². The van der Waals surface area contributed by atoms with Gasteiger partial charge in [-0.05, 0) is 54.4 Å². The van der Waals surface area contributed by atoms with Gasteiger partial charge in [-0.1, -0.05) is 6.07 Å². The Morgan fingerprint density at radius 3 is 2.58 bits per heavy atom. The predicted octanol–water partition coefficient (Wildman–Crippen LogP) is 4.53. The van der Waals surface area contributed by atoms with E-state index in [4.69, 9.17) is 18.6 Å². The fourth-order valence-corrected chi connectivity index (χ4v) is 4.29. The van der Waals surface area contributed by atoms with Crippen LogP contribution < -0.4 is 19.6 Å². The molecule has 0 amide bonds. The van der Waals surface area contributed by atoms with Gasteiger partial charge >= 0.3 is 0 Å². The number of aryl methyl sites for hydroxylation is 1. The molecular weight excluding hydrogens is 420 g/mol. The lowest BCUT2D eigenvalue weighted by molar-refractivity contribution is 0.0889. The van der Waals surface area contributed by atoms with Gasteiger partial charge in [0.1, 0.15) is 23.8 Å². The maximum Gasteiger partial charge on any atom is 0.200 e. The van der Waals surface area contributed by atoms with E-state index in [-0.39, 0.29) is 5.43 Å². The Kier molecular flexibility index (Phi) is 5.48. The molecule has 7 nitrogen and oxygen atoms in total. The molecule has 0 bridgehead atoms. The van der Waals surface area contributed by atoms with E-state index >= 15 is 0 Å². The molecule has 0 N–H and O–H groups in total. The second-order valence-electron chi connectivity index (χ2n) is 7.97. The summed E-state index contributed by atoms with van der Waals surface area (Å²) in [5, 5.41) is 0.526. The summed E-state index contributed by atoms with van der Waals surface area (Å²) in [6, 6.07) is 13.0. The molecular formula is C26H24N2O5. The number of fused-ring (bicyclic) bond motifs is 3. The fourth-order valence-electron chi connectivity index (χ4n) is 4.29. The zero-order valence-electron chi connectivity index (χ0n) is 18.8. The highest BCUT2D eigenvalue weighted by Crippen LogP contribution is 2.36. The Morgan fingerprint density at radius 2 is 1.82 bits per heavy atom. The molecule has 0 saturated carbocycles. The Hall–Kier alpha value is -3.84. The third-order valence-corrected chi connectivity index (χ3v) is 5.91. The average Bonchev–Trinajstić information content (AvgIpc) is 2.84. The number of benzene rings is 2. The molecule has 0 aliphatic carbocycles. The summed E-state index contributed by atoms with van der Waals surface area (Å²) >= 11 is 0. The van der Waals surface area contributed by atoms with Crippen molar-refractivity contribution in [2.75, 3.05) is 21.0 Å². The van der Waals surface area contributed by atoms with Crippen LogP contribution in [0.3, 0.4) is 0 Å². The molecule has 5 rings (SSSR count). The van der Waals surface area contributed by atoms with E-state index in [1.807, 2.05) is 31.2 Å². The van der Waals surface area contributed by atoms with Gasteiger partial charge in [0.2, 0.25) is 5.43 Å². The summed E-state index contributed by atoms with van der Waals surface area (Å²) in [7, 11) is 3.15. The van der Waals surface area contributed by atoms with Gasteiger partial charge in [-0.25, -0.2) is 0 Å². The molecule has 0 radical (unpaired) electrons. The fraction of sp³-hybridized carbons (Fsp3) is 0.231. The van der Waals surface area contributed by atoms with Crippen LogP contribution in [0.5, 0.6) is 17.2 Å². The van der Waals surface area contributed by atoms with Crippen molar-refractivity contribution in [1.82, 2.24) is 9.88 Å². The first-order valence-corrected chi connectivity index (χ1v) is 10.6. The van der Waals surface area contributed by atoms with Gasteiger partial charge in [0.15, 0.2) is 11.5 Å². The lowest BCUT2D eigenvalue weighted by Gasteiger charge is -2.29. The smallest absolute Gasteiger partial charge is 0.200 e. The van der Waals surface area contributed by atoms with Crippen molar-refractivity contribution < 1.29 is 18.6 Å². The largest absolute Gasteiger partial charge is 0.493 e. The van der Waals surface area contributed by atoms with Gasteiger partial charge in [0.05, 0.1) is 30.7 Å². The molecule has 2 aromatic heterocycles. The Labute approximate surface area is 191 Å². The summed E-state index contributed by atoms with van der Waals surface area (Å²) in [5.74, 6) is 2.44. The number of methoxy groups -OCH3 is 2. The third kappa shape index (κ3) is 3.81. The molecule has 1 aliphatic heterocycles. The molecule has 0 spiro atoms. The highest BCUT2D eigenvalue weighted by molar-refractivity contribution is 5.87. The average molecular weight is 444 g/mol. The molecule has 0 saturated heterocycles. The quantitative estimate of drug-likeness (QED) is 0.448. The predicted molar refractivity (Wildman–Crippen MR) is 125 cm³/mol. The highest BCUT2D eigenvalue weighted by atomic mass is 16.5. The van der Waals surface area contributed by atoms with Crippen molar-refractivity contribution >= 4 is 11.0 Å². The molecule has 0 fully saturated rings. The van der Waals surface area contributed by atoms with Crippen molar-refractivity contribution in [1.29, 1.82) is 0 Å². The molecule has 0 atom stereocenters. The van der Waals surface area contributed by atoms with Crippen LogP contribution >= 0.6 is 0 Å².